The number of benzene rings is 1. The number of nitrogens with one attached hydrogen (secondary N) is 1. The maximum Gasteiger partial charge on any atom is 0.0722 e. The van der Waals surface area contributed by atoms with Gasteiger partial charge < -0.3 is 5.32 Å². The number of hydrogen-bond donors (Lipinski definition) is 1. The summed E-state index contributed by atoms with van der Waals surface area (Å²) in [6.45, 7) is 3.00. The van der Waals surface area contributed by atoms with Crippen molar-refractivity contribution in [3.05, 3.63) is 51.3 Å². The largest absolute Gasteiger partial charge is 0.312 e. The van der Waals surface area contributed by atoms with E-state index in [0.717, 1.165) is 23.7 Å². The lowest BCUT2D eigenvalue weighted by Gasteiger charge is -2.14. The second-order valence-corrected chi connectivity index (χ2v) is 6.31. The fraction of sp³-hybridized carbons (Fsp3) is 0.312. The van der Waals surface area contributed by atoms with Crippen LogP contribution in [0.15, 0.2) is 35.7 Å². The van der Waals surface area contributed by atoms with Crippen molar-refractivity contribution in [3.8, 4) is 0 Å². The molecule has 5 heteroatoms. The topological polar surface area (TPSA) is 29.9 Å². The monoisotopic (exact) mass is 319 g/mol. The average molecular weight is 320 g/mol. The molecule has 2 heterocycles. The number of nitrogens with zero attached hydrogens (tertiary/aromatic N) is 2. The van der Waals surface area contributed by atoms with Gasteiger partial charge in [-0.25, -0.2) is 0 Å². The summed E-state index contributed by atoms with van der Waals surface area (Å²) in [5.74, 6) is 0. The Labute approximate surface area is 133 Å². The summed E-state index contributed by atoms with van der Waals surface area (Å²) in [4.78, 5) is 1.18. The molecule has 110 valence electrons. The van der Waals surface area contributed by atoms with Gasteiger partial charge in [0.2, 0.25) is 0 Å². The van der Waals surface area contributed by atoms with Gasteiger partial charge in [0.1, 0.15) is 0 Å². The first-order valence-electron chi connectivity index (χ1n) is 7.09. The molecule has 21 heavy (non-hydrogen) atoms. The van der Waals surface area contributed by atoms with Crippen molar-refractivity contribution in [1.29, 1.82) is 0 Å². The Morgan fingerprint density at radius 1 is 1.33 bits per heavy atom. The van der Waals surface area contributed by atoms with Crippen LogP contribution in [0.2, 0.25) is 5.02 Å². The summed E-state index contributed by atoms with van der Waals surface area (Å²) in [7, 11) is 1.97. The summed E-state index contributed by atoms with van der Waals surface area (Å²) >= 11 is 7.97. The SMILES string of the molecule is CCn1nc(CC(NC)c2sccc2Cl)c2ccccc21. The highest BCUT2D eigenvalue weighted by atomic mass is 35.5. The van der Waals surface area contributed by atoms with E-state index in [0.29, 0.717) is 0 Å². The third-order valence-electron chi connectivity index (χ3n) is 3.74. The number of hydrogen-bond acceptors (Lipinski definition) is 3. The van der Waals surface area contributed by atoms with Crippen molar-refractivity contribution in [3.63, 3.8) is 0 Å². The molecule has 3 aromatic rings. The van der Waals surface area contributed by atoms with Gasteiger partial charge in [-0.2, -0.15) is 5.10 Å². The van der Waals surface area contributed by atoms with Crippen molar-refractivity contribution in [1.82, 2.24) is 15.1 Å². The van der Waals surface area contributed by atoms with E-state index in [-0.39, 0.29) is 6.04 Å². The molecule has 0 aliphatic carbocycles. The van der Waals surface area contributed by atoms with E-state index in [1.807, 2.05) is 18.5 Å². The molecule has 0 fully saturated rings. The summed E-state index contributed by atoms with van der Waals surface area (Å²) < 4.78 is 2.06. The Morgan fingerprint density at radius 2 is 2.14 bits per heavy atom. The van der Waals surface area contributed by atoms with Gasteiger partial charge >= 0.3 is 0 Å². The molecule has 0 bridgehead atoms. The van der Waals surface area contributed by atoms with Crippen LogP contribution >= 0.6 is 22.9 Å². The van der Waals surface area contributed by atoms with Crippen molar-refractivity contribution in [2.24, 2.45) is 0 Å². The standard InChI is InChI=1S/C16H18ClN3S/c1-3-20-15-7-5-4-6-11(15)13(19-20)10-14(18-2)16-12(17)8-9-21-16/h4-9,14,18H,3,10H2,1-2H3. The van der Waals surface area contributed by atoms with E-state index in [2.05, 4.69) is 41.2 Å². The minimum Gasteiger partial charge on any atom is -0.312 e. The zero-order valence-electron chi connectivity index (χ0n) is 12.1. The Bertz CT molecular complexity index is 747. The van der Waals surface area contributed by atoms with Gasteiger partial charge in [-0.3, -0.25) is 4.68 Å². The van der Waals surface area contributed by atoms with Crippen LogP contribution in [0.1, 0.15) is 23.5 Å². The quantitative estimate of drug-likeness (QED) is 0.761. The zero-order valence-corrected chi connectivity index (χ0v) is 13.7. The second-order valence-electron chi connectivity index (χ2n) is 4.96. The molecule has 0 aliphatic heterocycles. The molecule has 1 atom stereocenters. The molecule has 0 saturated heterocycles. The first-order valence-corrected chi connectivity index (χ1v) is 8.35. The molecule has 1 unspecified atom stereocenters. The van der Waals surface area contributed by atoms with Gasteiger partial charge in [-0.1, -0.05) is 29.8 Å². The van der Waals surface area contributed by atoms with E-state index < -0.39 is 0 Å². The number of halogens is 1. The molecule has 1 N–H and O–H groups in total. The Balaban J connectivity index is 1.99. The highest BCUT2D eigenvalue weighted by Crippen LogP contribution is 2.31. The van der Waals surface area contributed by atoms with E-state index in [9.17, 15) is 0 Å². The maximum atomic E-state index is 6.28. The van der Waals surface area contributed by atoms with Crippen LogP contribution in [0.25, 0.3) is 10.9 Å². The summed E-state index contributed by atoms with van der Waals surface area (Å²) in [5, 5.41) is 12.2. The summed E-state index contributed by atoms with van der Waals surface area (Å²) in [6.07, 6.45) is 0.838. The Morgan fingerprint density at radius 3 is 2.81 bits per heavy atom. The van der Waals surface area contributed by atoms with Gasteiger partial charge in [0.25, 0.3) is 0 Å². The number of para-hydroxylation sites is 1. The number of fused-ring (bicyclic) bond motifs is 1. The second kappa shape index (κ2) is 6.18. The van der Waals surface area contributed by atoms with E-state index in [1.54, 1.807) is 11.3 Å². The molecule has 0 radical (unpaired) electrons. The molecule has 0 spiro atoms. The van der Waals surface area contributed by atoms with Crippen LogP contribution in [-0.4, -0.2) is 16.8 Å². The normalized spacial score (nSPS) is 12.9. The predicted octanol–water partition coefficient (Wildman–Crippen LogP) is 4.27. The molecule has 1 aromatic carbocycles. The number of aryl methyl sites for hydroxylation is 1. The van der Waals surface area contributed by atoms with Gasteiger partial charge in [-0.15, -0.1) is 11.3 Å². The summed E-state index contributed by atoms with van der Waals surface area (Å²) in [5.41, 5.74) is 2.32. The third-order valence-corrected chi connectivity index (χ3v) is 5.21. The lowest BCUT2D eigenvalue weighted by molar-refractivity contribution is 0.581. The molecule has 0 saturated carbocycles. The fourth-order valence-corrected chi connectivity index (χ4v) is 3.96. The highest BCUT2D eigenvalue weighted by Gasteiger charge is 2.18. The van der Waals surface area contributed by atoms with E-state index in [1.165, 1.54) is 15.8 Å². The number of aromatic nitrogens is 2. The van der Waals surface area contributed by atoms with Crippen LogP contribution < -0.4 is 5.32 Å². The smallest absolute Gasteiger partial charge is 0.0722 e. The molecule has 3 nitrogen and oxygen atoms in total. The third kappa shape index (κ3) is 2.71. The number of rotatable bonds is 5. The maximum absolute atomic E-state index is 6.28. The first kappa shape index (κ1) is 14.6. The number of likely N-dealkylation sites (N-methyl/N-ethyl adjacent to an activating group) is 1. The van der Waals surface area contributed by atoms with E-state index in [4.69, 9.17) is 16.7 Å². The molecule has 0 amide bonds. The van der Waals surface area contributed by atoms with Gasteiger partial charge in [-0.05, 0) is 31.5 Å². The predicted molar refractivity (Wildman–Crippen MR) is 90.2 cm³/mol. The van der Waals surface area contributed by atoms with E-state index >= 15 is 0 Å². The van der Waals surface area contributed by atoms with Crippen LogP contribution in [-0.2, 0) is 13.0 Å². The van der Waals surface area contributed by atoms with Crippen LogP contribution in [0.4, 0.5) is 0 Å². The van der Waals surface area contributed by atoms with Gasteiger partial charge in [0, 0.05) is 29.3 Å². The number of thiophene rings is 1. The first-order chi connectivity index (χ1) is 10.2. The van der Waals surface area contributed by atoms with Crippen molar-refractivity contribution in [2.45, 2.75) is 25.9 Å². The minimum absolute atomic E-state index is 0.195. The highest BCUT2D eigenvalue weighted by molar-refractivity contribution is 7.10. The Kier molecular flexibility index (Phi) is 4.29. The van der Waals surface area contributed by atoms with Gasteiger partial charge in [0.05, 0.1) is 16.2 Å². The van der Waals surface area contributed by atoms with Crippen LogP contribution in [0.3, 0.4) is 0 Å². The fourth-order valence-electron chi connectivity index (χ4n) is 2.66. The lowest BCUT2D eigenvalue weighted by Crippen LogP contribution is -2.18. The molecular weight excluding hydrogens is 302 g/mol. The zero-order chi connectivity index (χ0) is 14.8. The Hall–Kier alpha value is -1.36. The lowest BCUT2D eigenvalue weighted by atomic mass is 10.1. The molecule has 0 aliphatic rings. The van der Waals surface area contributed by atoms with Gasteiger partial charge in [0.15, 0.2) is 0 Å². The average Bonchev–Trinajstić information content (AvgIpc) is 3.09. The minimum atomic E-state index is 0.195. The summed E-state index contributed by atoms with van der Waals surface area (Å²) in [6, 6.07) is 10.6. The molecule has 2 aromatic heterocycles. The molecule has 3 rings (SSSR count). The van der Waals surface area contributed by atoms with Crippen LogP contribution in [0, 0.1) is 0 Å². The van der Waals surface area contributed by atoms with Crippen LogP contribution in [0.5, 0.6) is 0 Å². The van der Waals surface area contributed by atoms with Crippen molar-refractivity contribution >= 4 is 33.8 Å². The molecular formula is C16H18ClN3S. The van der Waals surface area contributed by atoms with Crippen molar-refractivity contribution < 1.29 is 0 Å². The van der Waals surface area contributed by atoms with Crippen molar-refractivity contribution in [2.75, 3.05) is 7.05 Å².